The van der Waals surface area contributed by atoms with E-state index < -0.39 is 8.07 Å². The molecule has 6 heteroatoms. The maximum absolute atomic E-state index is 13.1. The number of hydrogen-bond donors (Lipinski definition) is 0. The molecule has 8 rings (SSSR count). The van der Waals surface area contributed by atoms with Crippen molar-refractivity contribution in [1.29, 1.82) is 0 Å². The third-order valence-corrected chi connectivity index (χ3v) is 10.9. The molecule has 0 fully saturated rings. The number of para-hydroxylation sites is 1. The Morgan fingerprint density at radius 3 is 2.16 bits per heavy atom. The maximum atomic E-state index is 13.1. The first-order valence-electron chi connectivity index (χ1n) is 16.8. The molecule has 51 heavy (non-hydrogen) atoms. The standard InChI is InChI=1S/C24H16NO.C21H21FNSi.Ir/c1-16-15-25-22(14-21(16)17-8-3-2-4-9-17)20-12-7-11-19-18-10-5-6-13-23(18)26-24(19)20;1-24(2,3)21-15-23-20(17-9-11-19(22)12-10-17)14-18(21)13-16-7-5-4-6-8-16;/h2-11,13-15H,1H3;4-9,11-12,14-15H,13H2,1-3H3;/q2*-1;. The van der Waals surface area contributed by atoms with Crippen molar-refractivity contribution in [1.82, 2.24) is 9.97 Å². The van der Waals surface area contributed by atoms with Crippen molar-refractivity contribution in [2.45, 2.75) is 33.0 Å². The minimum Gasteiger partial charge on any atom is -0.501 e. The van der Waals surface area contributed by atoms with Crippen LogP contribution in [0.4, 0.5) is 4.39 Å². The van der Waals surface area contributed by atoms with Crippen molar-refractivity contribution in [3.05, 3.63) is 174 Å². The van der Waals surface area contributed by atoms with Crippen molar-refractivity contribution >= 4 is 35.2 Å². The second kappa shape index (κ2) is 15.5. The van der Waals surface area contributed by atoms with E-state index in [1.165, 1.54) is 39.6 Å². The van der Waals surface area contributed by atoms with Gasteiger partial charge < -0.3 is 14.4 Å². The summed E-state index contributed by atoms with van der Waals surface area (Å²) in [6.07, 6.45) is 4.82. The average Bonchev–Trinajstić information content (AvgIpc) is 3.52. The summed E-state index contributed by atoms with van der Waals surface area (Å²) < 4.78 is 19.3. The predicted octanol–water partition coefficient (Wildman–Crippen LogP) is 11.2. The molecule has 0 bridgehead atoms. The molecule has 8 aromatic rings. The fourth-order valence-electron chi connectivity index (χ4n) is 6.32. The second-order valence-corrected chi connectivity index (χ2v) is 18.5. The molecule has 0 amide bonds. The second-order valence-electron chi connectivity index (χ2n) is 13.5. The van der Waals surface area contributed by atoms with Crippen molar-refractivity contribution < 1.29 is 28.9 Å². The van der Waals surface area contributed by atoms with Crippen LogP contribution >= 0.6 is 0 Å². The van der Waals surface area contributed by atoms with Crippen LogP contribution < -0.4 is 5.19 Å². The number of furan rings is 1. The van der Waals surface area contributed by atoms with Crippen molar-refractivity contribution in [3.63, 3.8) is 0 Å². The molecule has 0 saturated heterocycles. The molecule has 0 saturated carbocycles. The van der Waals surface area contributed by atoms with Crippen LogP contribution in [0, 0.1) is 24.9 Å². The first kappa shape index (κ1) is 35.8. The summed E-state index contributed by atoms with van der Waals surface area (Å²) in [5.41, 5.74) is 11.3. The van der Waals surface area contributed by atoms with Gasteiger partial charge >= 0.3 is 0 Å². The van der Waals surface area contributed by atoms with Crippen LogP contribution in [0.1, 0.15) is 16.7 Å². The molecule has 1 radical (unpaired) electrons. The number of rotatable bonds is 6. The molecule has 0 aliphatic carbocycles. The van der Waals surface area contributed by atoms with Gasteiger partial charge in [0, 0.05) is 43.7 Å². The molecule has 0 unspecified atom stereocenters. The Hall–Kier alpha value is -5.00. The van der Waals surface area contributed by atoms with Gasteiger partial charge in [0.2, 0.25) is 0 Å². The quantitative estimate of drug-likeness (QED) is 0.123. The van der Waals surface area contributed by atoms with Crippen LogP contribution in [0.3, 0.4) is 0 Å². The van der Waals surface area contributed by atoms with E-state index in [-0.39, 0.29) is 25.9 Å². The number of pyridine rings is 2. The fraction of sp³-hybridized carbons (Fsp3) is 0.111. The van der Waals surface area contributed by atoms with Crippen LogP contribution in [0.2, 0.25) is 19.6 Å². The summed E-state index contributed by atoms with van der Waals surface area (Å²) in [4.78, 5) is 9.29. The third-order valence-electron chi connectivity index (χ3n) is 8.87. The molecule has 5 aromatic carbocycles. The van der Waals surface area contributed by atoms with Gasteiger partial charge in [0.15, 0.2) is 0 Å². The van der Waals surface area contributed by atoms with E-state index in [4.69, 9.17) is 4.42 Å². The Balaban J connectivity index is 0.000000173. The molecule has 0 aliphatic heterocycles. The number of fused-ring (bicyclic) bond motifs is 3. The zero-order chi connectivity index (χ0) is 34.7. The number of benzene rings is 5. The number of hydrogen-bond acceptors (Lipinski definition) is 3. The van der Waals surface area contributed by atoms with Gasteiger partial charge in [0.25, 0.3) is 0 Å². The minimum atomic E-state index is -1.50. The first-order chi connectivity index (χ1) is 24.2. The van der Waals surface area contributed by atoms with Crippen LogP contribution in [-0.4, -0.2) is 18.0 Å². The summed E-state index contributed by atoms with van der Waals surface area (Å²) in [5, 5.41) is 3.59. The van der Waals surface area contributed by atoms with Crippen molar-refractivity contribution in [3.8, 4) is 33.6 Å². The van der Waals surface area contributed by atoms with Crippen LogP contribution in [-0.2, 0) is 26.5 Å². The third kappa shape index (κ3) is 8.00. The topological polar surface area (TPSA) is 38.9 Å². The van der Waals surface area contributed by atoms with E-state index in [0.29, 0.717) is 0 Å². The zero-order valence-electron chi connectivity index (χ0n) is 29.0. The van der Waals surface area contributed by atoms with E-state index in [9.17, 15) is 4.39 Å². The van der Waals surface area contributed by atoms with Crippen LogP contribution in [0.5, 0.6) is 0 Å². The summed E-state index contributed by atoms with van der Waals surface area (Å²) in [6.45, 7) is 9.09. The normalized spacial score (nSPS) is 11.2. The Bertz CT molecular complexity index is 2400. The van der Waals surface area contributed by atoms with Crippen molar-refractivity contribution in [2.75, 3.05) is 0 Å². The van der Waals surface area contributed by atoms with Gasteiger partial charge in [-0.15, -0.1) is 48.0 Å². The van der Waals surface area contributed by atoms with E-state index in [1.807, 2.05) is 48.8 Å². The SMILES string of the molecule is C[Si](C)(C)c1cnc(-c2[c-]cc(F)cc2)cc1Cc1ccccc1.Cc1cnc(-c2[c-]ccc3c2oc2ccccc23)cc1-c1ccccc1.[Ir]. The Kier molecular flexibility index (Phi) is 10.9. The van der Waals surface area contributed by atoms with E-state index in [0.717, 1.165) is 56.4 Å². The number of aryl methyl sites for hydroxylation is 1. The van der Waals surface area contributed by atoms with Gasteiger partial charge in [-0.05, 0) is 58.2 Å². The Morgan fingerprint density at radius 1 is 0.725 bits per heavy atom. The van der Waals surface area contributed by atoms with Gasteiger partial charge in [-0.25, -0.2) is 0 Å². The molecular formula is C45H37FIrN2OSi-2. The Morgan fingerprint density at radius 2 is 1.43 bits per heavy atom. The van der Waals surface area contributed by atoms with E-state index in [2.05, 4.69) is 121 Å². The maximum Gasteiger partial charge on any atom is 0.120 e. The van der Waals surface area contributed by atoms with Crippen LogP contribution in [0.25, 0.3) is 55.6 Å². The number of halogens is 1. The molecule has 3 nitrogen and oxygen atoms in total. The van der Waals surface area contributed by atoms with Crippen LogP contribution in [0.15, 0.2) is 144 Å². The molecule has 255 valence electrons. The van der Waals surface area contributed by atoms with Gasteiger partial charge in [0.1, 0.15) is 5.58 Å². The number of aromatic nitrogens is 2. The summed E-state index contributed by atoms with van der Waals surface area (Å²) in [6, 6.07) is 48.1. The van der Waals surface area contributed by atoms with E-state index in [1.54, 1.807) is 6.07 Å². The molecule has 0 atom stereocenters. The fourth-order valence-corrected chi connectivity index (χ4v) is 7.89. The largest absolute Gasteiger partial charge is 0.501 e. The minimum absolute atomic E-state index is 0. The van der Waals surface area contributed by atoms with Gasteiger partial charge in [-0.2, -0.15) is 0 Å². The average molecular weight is 861 g/mol. The summed E-state index contributed by atoms with van der Waals surface area (Å²) in [5.74, 6) is -0.276. The molecular weight excluding hydrogens is 824 g/mol. The zero-order valence-corrected chi connectivity index (χ0v) is 32.4. The molecule has 0 N–H and O–H groups in total. The summed E-state index contributed by atoms with van der Waals surface area (Å²) >= 11 is 0. The Labute approximate surface area is 313 Å². The van der Waals surface area contributed by atoms with E-state index >= 15 is 0 Å². The summed E-state index contributed by atoms with van der Waals surface area (Å²) in [7, 11) is -1.50. The monoisotopic (exact) mass is 861 g/mol. The van der Waals surface area contributed by atoms with Crippen molar-refractivity contribution in [2.24, 2.45) is 0 Å². The smallest absolute Gasteiger partial charge is 0.120 e. The molecule has 3 aromatic heterocycles. The first-order valence-corrected chi connectivity index (χ1v) is 20.3. The van der Waals surface area contributed by atoms with Gasteiger partial charge in [-0.1, -0.05) is 127 Å². The number of nitrogens with zero attached hydrogens (tertiary/aromatic N) is 2. The van der Waals surface area contributed by atoms with Gasteiger partial charge in [-0.3, -0.25) is 4.39 Å². The molecule has 3 heterocycles. The molecule has 0 aliphatic rings. The predicted molar refractivity (Wildman–Crippen MR) is 207 cm³/mol. The van der Waals surface area contributed by atoms with Gasteiger partial charge in [0.05, 0.1) is 13.7 Å². The molecule has 0 spiro atoms.